The highest BCUT2D eigenvalue weighted by atomic mass is 32.1. The van der Waals surface area contributed by atoms with Gasteiger partial charge in [0, 0.05) is 17.0 Å². The van der Waals surface area contributed by atoms with E-state index in [-0.39, 0.29) is 6.04 Å². The molecule has 1 heterocycles. The third-order valence-electron chi connectivity index (χ3n) is 3.43. The van der Waals surface area contributed by atoms with Gasteiger partial charge in [-0.05, 0) is 42.5 Å². The fourth-order valence-corrected chi connectivity index (χ4v) is 3.18. The molecule has 0 spiro atoms. The van der Waals surface area contributed by atoms with Gasteiger partial charge in [-0.25, -0.2) is 0 Å². The second-order valence-electron chi connectivity index (χ2n) is 4.98. The normalized spacial score (nSPS) is 13.7. The summed E-state index contributed by atoms with van der Waals surface area (Å²) in [6.07, 6.45) is 2.28. The van der Waals surface area contributed by atoms with Gasteiger partial charge in [-0.1, -0.05) is 31.5 Å². The van der Waals surface area contributed by atoms with Crippen LogP contribution in [-0.2, 0) is 0 Å². The largest absolute Gasteiger partial charge is 0.303 e. The Kier molecular flexibility index (Phi) is 5.34. The molecular weight excluding hydrogens is 264 g/mol. The summed E-state index contributed by atoms with van der Waals surface area (Å²) in [5.41, 5.74) is 1.89. The third kappa shape index (κ3) is 3.69. The van der Waals surface area contributed by atoms with E-state index in [0.717, 1.165) is 18.4 Å². The van der Waals surface area contributed by atoms with Crippen molar-refractivity contribution in [3.63, 3.8) is 0 Å². The standard InChI is InChI=1S/C17H20N2S/c1-3-6-16(17-9-5-10-20-17)19-13(2)15-8-4-7-14(11-15)12-18/h4-5,7-11,13,16,19H,3,6H2,1-2H3. The van der Waals surface area contributed by atoms with E-state index in [4.69, 9.17) is 5.26 Å². The summed E-state index contributed by atoms with van der Waals surface area (Å²) >= 11 is 1.80. The zero-order chi connectivity index (χ0) is 14.4. The highest BCUT2D eigenvalue weighted by molar-refractivity contribution is 7.10. The minimum absolute atomic E-state index is 0.238. The molecule has 0 aliphatic heterocycles. The van der Waals surface area contributed by atoms with Crippen molar-refractivity contribution in [1.29, 1.82) is 5.26 Å². The molecule has 104 valence electrons. The van der Waals surface area contributed by atoms with Gasteiger partial charge in [-0.3, -0.25) is 0 Å². The number of rotatable bonds is 6. The third-order valence-corrected chi connectivity index (χ3v) is 4.42. The van der Waals surface area contributed by atoms with E-state index < -0.39 is 0 Å². The first-order valence-electron chi connectivity index (χ1n) is 7.04. The highest BCUT2D eigenvalue weighted by Crippen LogP contribution is 2.26. The van der Waals surface area contributed by atoms with Gasteiger partial charge in [0.05, 0.1) is 11.6 Å². The maximum absolute atomic E-state index is 8.99. The second kappa shape index (κ2) is 7.23. The van der Waals surface area contributed by atoms with E-state index >= 15 is 0 Å². The molecule has 2 atom stereocenters. The molecule has 0 saturated heterocycles. The van der Waals surface area contributed by atoms with Gasteiger partial charge in [0.15, 0.2) is 0 Å². The van der Waals surface area contributed by atoms with Gasteiger partial charge in [0.2, 0.25) is 0 Å². The molecule has 0 radical (unpaired) electrons. The lowest BCUT2D eigenvalue weighted by molar-refractivity contribution is 0.445. The Morgan fingerprint density at radius 2 is 2.15 bits per heavy atom. The highest BCUT2D eigenvalue weighted by Gasteiger charge is 2.15. The molecule has 0 aliphatic carbocycles. The van der Waals surface area contributed by atoms with Crippen molar-refractivity contribution in [3.05, 3.63) is 57.8 Å². The number of nitrogens with zero attached hydrogens (tertiary/aromatic N) is 1. The van der Waals surface area contributed by atoms with Crippen LogP contribution in [-0.4, -0.2) is 0 Å². The number of hydrogen-bond donors (Lipinski definition) is 1. The molecule has 0 bridgehead atoms. The summed E-state index contributed by atoms with van der Waals surface area (Å²) in [7, 11) is 0. The smallest absolute Gasteiger partial charge is 0.0991 e. The van der Waals surface area contributed by atoms with Gasteiger partial charge < -0.3 is 5.32 Å². The summed E-state index contributed by atoms with van der Waals surface area (Å²) in [6, 6.07) is 15.0. The van der Waals surface area contributed by atoms with Crippen LogP contribution in [0.25, 0.3) is 0 Å². The summed E-state index contributed by atoms with van der Waals surface area (Å²) in [4.78, 5) is 1.38. The van der Waals surface area contributed by atoms with Crippen molar-refractivity contribution in [2.24, 2.45) is 0 Å². The van der Waals surface area contributed by atoms with Crippen molar-refractivity contribution in [3.8, 4) is 6.07 Å². The van der Waals surface area contributed by atoms with E-state index in [0.29, 0.717) is 6.04 Å². The Morgan fingerprint density at radius 3 is 2.80 bits per heavy atom. The van der Waals surface area contributed by atoms with Crippen LogP contribution in [0.5, 0.6) is 0 Å². The molecule has 2 unspecified atom stereocenters. The van der Waals surface area contributed by atoms with Gasteiger partial charge >= 0.3 is 0 Å². The van der Waals surface area contributed by atoms with Crippen molar-refractivity contribution in [2.45, 2.75) is 38.8 Å². The van der Waals surface area contributed by atoms with Gasteiger partial charge in [0.1, 0.15) is 0 Å². The molecule has 0 saturated carbocycles. The quantitative estimate of drug-likeness (QED) is 0.826. The molecule has 1 aromatic heterocycles. The Balaban J connectivity index is 2.12. The monoisotopic (exact) mass is 284 g/mol. The molecule has 2 aromatic rings. The van der Waals surface area contributed by atoms with Gasteiger partial charge in [-0.2, -0.15) is 5.26 Å². The van der Waals surface area contributed by atoms with Crippen molar-refractivity contribution >= 4 is 11.3 Å². The second-order valence-corrected chi connectivity index (χ2v) is 5.96. The Hall–Kier alpha value is -1.63. The molecule has 2 nitrogen and oxygen atoms in total. The first-order chi connectivity index (χ1) is 9.74. The number of nitriles is 1. The van der Waals surface area contributed by atoms with E-state index in [1.54, 1.807) is 11.3 Å². The number of hydrogen-bond acceptors (Lipinski definition) is 3. The molecular formula is C17H20N2S. The first kappa shape index (κ1) is 14.8. The lowest BCUT2D eigenvalue weighted by Gasteiger charge is -2.22. The number of benzene rings is 1. The maximum atomic E-state index is 8.99. The average Bonchev–Trinajstić information content (AvgIpc) is 3.01. The Labute approximate surface area is 125 Å². The van der Waals surface area contributed by atoms with Crippen LogP contribution in [0.2, 0.25) is 0 Å². The minimum Gasteiger partial charge on any atom is -0.303 e. The van der Waals surface area contributed by atoms with Crippen LogP contribution in [0, 0.1) is 11.3 Å². The molecule has 2 rings (SSSR count). The van der Waals surface area contributed by atoms with Crippen LogP contribution < -0.4 is 5.32 Å². The molecule has 0 fully saturated rings. The minimum atomic E-state index is 0.238. The van der Waals surface area contributed by atoms with Crippen molar-refractivity contribution in [1.82, 2.24) is 5.32 Å². The maximum Gasteiger partial charge on any atom is 0.0991 e. The molecule has 1 aromatic carbocycles. The Morgan fingerprint density at radius 1 is 1.30 bits per heavy atom. The average molecular weight is 284 g/mol. The van der Waals surface area contributed by atoms with E-state index in [1.807, 2.05) is 18.2 Å². The van der Waals surface area contributed by atoms with Crippen molar-refractivity contribution in [2.75, 3.05) is 0 Å². The first-order valence-corrected chi connectivity index (χ1v) is 7.92. The predicted octanol–water partition coefficient (Wildman–Crippen LogP) is 4.81. The van der Waals surface area contributed by atoms with Gasteiger partial charge in [0.25, 0.3) is 0 Å². The van der Waals surface area contributed by atoms with Crippen LogP contribution in [0.15, 0.2) is 41.8 Å². The molecule has 0 aliphatic rings. The molecule has 20 heavy (non-hydrogen) atoms. The number of nitrogens with one attached hydrogen (secondary N) is 1. The molecule has 0 amide bonds. The predicted molar refractivity (Wildman–Crippen MR) is 84.7 cm³/mol. The van der Waals surface area contributed by atoms with Crippen LogP contribution in [0.4, 0.5) is 0 Å². The SMILES string of the molecule is CCCC(NC(C)c1cccc(C#N)c1)c1cccs1. The zero-order valence-electron chi connectivity index (χ0n) is 12.0. The topological polar surface area (TPSA) is 35.8 Å². The lowest BCUT2D eigenvalue weighted by Crippen LogP contribution is -2.24. The summed E-state index contributed by atoms with van der Waals surface area (Å²) in [6.45, 7) is 4.37. The van der Waals surface area contributed by atoms with Crippen LogP contribution in [0.1, 0.15) is 54.8 Å². The van der Waals surface area contributed by atoms with E-state index in [2.05, 4.69) is 48.8 Å². The van der Waals surface area contributed by atoms with E-state index in [1.165, 1.54) is 10.4 Å². The fourth-order valence-electron chi connectivity index (χ4n) is 2.36. The summed E-state index contributed by atoms with van der Waals surface area (Å²) in [5, 5.41) is 14.8. The lowest BCUT2D eigenvalue weighted by atomic mass is 10.0. The van der Waals surface area contributed by atoms with E-state index in [9.17, 15) is 0 Å². The fraction of sp³-hybridized carbons (Fsp3) is 0.353. The van der Waals surface area contributed by atoms with Crippen LogP contribution >= 0.6 is 11.3 Å². The molecule has 1 N–H and O–H groups in total. The summed E-state index contributed by atoms with van der Waals surface area (Å²) < 4.78 is 0. The van der Waals surface area contributed by atoms with Crippen LogP contribution in [0.3, 0.4) is 0 Å². The molecule has 3 heteroatoms. The zero-order valence-corrected chi connectivity index (χ0v) is 12.8. The Bertz CT molecular complexity index is 569. The van der Waals surface area contributed by atoms with Crippen molar-refractivity contribution < 1.29 is 0 Å². The number of thiophene rings is 1. The summed E-state index contributed by atoms with van der Waals surface area (Å²) in [5.74, 6) is 0. The van der Waals surface area contributed by atoms with Gasteiger partial charge in [-0.15, -0.1) is 11.3 Å².